The monoisotopic (exact) mass is 301 g/mol. The van der Waals surface area contributed by atoms with Gasteiger partial charge in [0.15, 0.2) is 0 Å². The number of hydrogen-bond acceptors (Lipinski definition) is 3. The van der Waals surface area contributed by atoms with E-state index in [9.17, 15) is 9.59 Å². The molecule has 1 N–H and O–H groups in total. The molecular weight excluding hydrogens is 278 g/mol. The lowest BCUT2D eigenvalue weighted by molar-refractivity contribution is -0.149. The number of benzene rings is 1. The second-order valence-corrected chi connectivity index (χ2v) is 5.85. The van der Waals surface area contributed by atoms with E-state index in [2.05, 4.69) is 5.32 Å². The van der Waals surface area contributed by atoms with Crippen molar-refractivity contribution in [2.24, 2.45) is 11.8 Å². The fourth-order valence-electron chi connectivity index (χ4n) is 2.33. The third-order valence-corrected chi connectivity index (χ3v) is 3.91. The molecule has 1 aromatic carbocycles. The van der Waals surface area contributed by atoms with E-state index >= 15 is 0 Å². The highest BCUT2D eigenvalue weighted by Gasteiger charge is 2.22. The zero-order valence-corrected chi connectivity index (χ0v) is 13.1. The summed E-state index contributed by atoms with van der Waals surface area (Å²) < 4.78 is 5.39. The van der Waals surface area contributed by atoms with Crippen LogP contribution in [0.1, 0.15) is 38.3 Å². The first-order valence-corrected chi connectivity index (χ1v) is 7.75. The van der Waals surface area contributed by atoms with Crippen LogP contribution >= 0.6 is 0 Å². The Kier molecular flexibility index (Phi) is 5.75. The number of rotatable bonds is 1. The Morgan fingerprint density at radius 2 is 1.64 bits per heavy atom. The lowest BCUT2D eigenvalue weighted by Crippen LogP contribution is -2.36. The fraction of sp³-hybridized carbons (Fsp3) is 0.444. The number of allylic oxidation sites excluding steroid dienone is 2. The zero-order valence-electron chi connectivity index (χ0n) is 13.1. The van der Waals surface area contributed by atoms with Crippen molar-refractivity contribution in [2.75, 3.05) is 6.61 Å². The van der Waals surface area contributed by atoms with Gasteiger partial charge in [0, 0.05) is 5.92 Å². The fourth-order valence-corrected chi connectivity index (χ4v) is 2.33. The van der Waals surface area contributed by atoms with Gasteiger partial charge in [0.05, 0.1) is 12.0 Å². The van der Waals surface area contributed by atoms with Crippen molar-refractivity contribution in [3.63, 3.8) is 0 Å². The van der Waals surface area contributed by atoms with E-state index in [1.165, 1.54) is 0 Å². The average Bonchev–Trinajstić information content (AvgIpc) is 2.54. The maximum absolute atomic E-state index is 12.3. The number of hydrogen-bond donors (Lipinski definition) is 1. The molecule has 4 nitrogen and oxygen atoms in total. The van der Waals surface area contributed by atoms with Crippen LogP contribution in [0.15, 0.2) is 42.5 Å². The molecule has 1 amide bonds. The largest absolute Gasteiger partial charge is 0.463 e. The summed E-state index contributed by atoms with van der Waals surface area (Å²) in [7, 11) is 0. The van der Waals surface area contributed by atoms with E-state index in [4.69, 9.17) is 4.74 Å². The molecular formula is C18H23NO3. The van der Waals surface area contributed by atoms with E-state index < -0.39 is 0 Å². The zero-order chi connectivity index (χ0) is 15.9. The molecule has 2 rings (SSSR count). The quantitative estimate of drug-likeness (QED) is 0.641. The Morgan fingerprint density at radius 3 is 2.32 bits per heavy atom. The van der Waals surface area contributed by atoms with Gasteiger partial charge in [-0.3, -0.25) is 9.59 Å². The highest BCUT2D eigenvalue weighted by molar-refractivity contribution is 5.79. The van der Waals surface area contributed by atoms with Crippen LogP contribution in [-0.2, 0) is 14.3 Å². The number of esters is 1. The Labute approximate surface area is 131 Å². The normalized spacial score (nSPS) is 28.7. The van der Waals surface area contributed by atoms with Crippen LogP contribution in [0.2, 0.25) is 0 Å². The van der Waals surface area contributed by atoms with E-state index in [1.807, 2.05) is 56.3 Å². The number of carbonyl (C=O) groups excluding carboxylic acids is 2. The van der Waals surface area contributed by atoms with Gasteiger partial charge in [0.25, 0.3) is 0 Å². The van der Waals surface area contributed by atoms with E-state index in [0.717, 1.165) is 5.56 Å². The van der Waals surface area contributed by atoms with Gasteiger partial charge in [-0.05, 0) is 18.4 Å². The van der Waals surface area contributed by atoms with Gasteiger partial charge >= 0.3 is 5.97 Å². The van der Waals surface area contributed by atoms with Gasteiger partial charge in [-0.25, -0.2) is 0 Å². The second kappa shape index (κ2) is 7.78. The maximum Gasteiger partial charge on any atom is 0.309 e. The predicted octanol–water partition coefficient (Wildman–Crippen LogP) is 3.01. The van der Waals surface area contributed by atoms with Gasteiger partial charge in [0.2, 0.25) is 5.91 Å². The van der Waals surface area contributed by atoms with Crippen molar-refractivity contribution in [3.05, 3.63) is 48.0 Å². The van der Waals surface area contributed by atoms with Crippen molar-refractivity contribution in [2.45, 2.75) is 32.7 Å². The summed E-state index contributed by atoms with van der Waals surface area (Å²) in [5.74, 6) is -0.525. The van der Waals surface area contributed by atoms with Crippen LogP contribution in [0, 0.1) is 11.8 Å². The summed E-state index contributed by atoms with van der Waals surface area (Å²) in [4.78, 5) is 24.3. The summed E-state index contributed by atoms with van der Waals surface area (Å²) in [5.41, 5.74) is 0.941. The average molecular weight is 301 g/mol. The lowest BCUT2D eigenvalue weighted by Gasteiger charge is -2.22. The van der Waals surface area contributed by atoms with E-state index in [-0.39, 0.29) is 36.4 Å². The minimum absolute atomic E-state index is 0.0248. The molecule has 0 aliphatic carbocycles. The number of ether oxygens (including phenoxy) is 1. The third-order valence-electron chi connectivity index (χ3n) is 3.91. The molecule has 0 aromatic heterocycles. The van der Waals surface area contributed by atoms with Gasteiger partial charge in [-0.2, -0.15) is 0 Å². The molecule has 0 saturated carbocycles. The van der Waals surface area contributed by atoms with Gasteiger partial charge in [-0.1, -0.05) is 56.3 Å². The molecule has 1 heterocycles. The molecule has 1 aromatic rings. The minimum atomic E-state index is -0.310. The van der Waals surface area contributed by atoms with Gasteiger partial charge in [-0.15, -0.1) is 0 Å². The summed E-state index contributed by atoms with van der Waals surface area (Å²) >= 11 is 0. The predicted molar refractivity (Wildman–Crippen MR) is 85.0 cm³/mol. The van der Waals surface area contributed by atoms with Crippen LogP contribution in [0.3, 0.4) is 0 Å². The van der Waals surface area contributed by atoms with Crippen LogP contribution in [0.25, 0.3) is 0 Å². The second-order valence-electron chi connectivity index (χ2n) is 5.85. The molecule has 0 spiro atoms. The van der Waals surface area contributed by atoms with Crippen molar-refractivity contribution >= 4 is 11.9 Å². The Morgan fingerprint density at radius 1 is 1.00 bits per heavy atom. The molecule has 3 atom stereocenters. The number of carbonyl (C=O) groups is 2. The molecule has 0 bridgehead atoms. The molecule has 0 radical (unpaired) electrons. The Hall–Kier alpha value is -2.10. The van der Waals surface area contributed by atoms with Crippen molar-refractivity contribution in [1.82, 2.24) is 5.32 Å². The molecule has 1 aliphatic heterocycles. The van der Waals surface area contributed by atoms with Crippen molar-refractivity contribution in [3.8, 4) is 0 Å². The van der Waals surface area contributed by atoms with Gasteiger partial charge in [0.1, 0.15) is 6.61 Å². The minimum Gasteiger partial charge on any atom is -0.463 e. The van der Waals surface area contributed by atoms with E-state index in [1.54, 1.807) is 0 Å². The molecule has 22 heavy (non-hydrogen) atoms. The first-order chi connectivity index (χ1) is 10.6. The first kappa shape index (κ1) is 16.3. The summed E-state index contributed by atoms with van der Waals surface area (Å²) in [6.07, 6.45) is 5.23. The summed E-state index contributed by atoms with van der Waals surface area (Å²) in [5, 5.41) is 2.99. The standard InChI is InChI=1S/C18H23NO3/c1-13-8-6-7-9-14(2)18(21)22-12-16(19-17(13)20)15-10-4-3-5-11-15/h3-7,10-11,13-14,16H,8-9,12H2,1-2H3,(H,19,20)/b7-6+/t13-,14+,16?/m0/s1. The number of nitrogens with one attached hydrogen (secondary N) is 1. The van der Waals surface area contributed by atoms with Crippen LogP contribution in [0.4, 0.5) is 0 Å². The number of amides is 1. The molecule has 118 valence electrons. The van der Waals surface area contributed by atoms with Crippen molar-refractivity contribution in [1.29, 1.82) is 0 Å². The highest BCUT2D eigenvalue weighted by Crippen LogP contribution is 2.17. The van der Waals surface area contributed by atoms with E-state index in [0.29, 0.717) is 12.8 Å². The topological polar surface area (TPSA) is 55.4 Å². The maximum atomic E-state index is 12.3. The molecule has 1 aliphatic rings. The Balaban J connectivity index is 2.19. The lowest BCUT2D eigenvalue weighted by atomic mass is 10.0. The SMILES string of the molecule is C[C@@H]1C/C=C/C[C@H](C)C(=O)NC(c2ccccc2)COC1=O. The molecule has 4 heteroatoms. The van der Waals surface area contributed by atoms with Crippen molar-refractivity contribution < 1.29 is 14.3 Å². The molecule has 0 saturated heterocycles. The molecule has 1 unspecified atom stereocenters. The third kappa shape index (κ3) is 4.45. The number of cyclic esters (lactones) is 1. The summed E-state index contributed by atoms with van der Waals surface area (Å²) in [6.45, 7) is 3.93. The first-order valence-electron chi connectivity index (χ1n) is 7.75. The molecule has 0 fully saturated rings. The summed E-state index contributed by atoms with van der Waals surface area (Å²) in [6, 6.07) is 9.29. The smallest absolute Gasteiger partial charge is 0.309 e. The van der Waals surface area contributed by atoms with Crippen LogP contribution in [-0.4, -0.2) is 18.5 Å². The van der Waals surface area contributed by atoms with Crippen LogP contribution < -0.4 is 5.32 Å². The van der Waals surface area contributed by atoms with Gasteiger partial charge < -0.3 is 10.1 Å². The Bertz CT molecular complexity index is 539. The highest BCUT2D eigenvalue weighted by atomic mass is 16.5. The van der Waals surface area contributed by atoms with Crippen LogP contribution in [0.5, 0.6) is 0 Å².